The number of esters is 1. The van der Waals surface area contributed by atoms with Crippen molar-refractivity contribution in [1.82, 2.24) is 0 Å². The molecule has 8 atom stereocenters. The van der Waals surface area contributed by atoms with Crippen molar-refractivity contribution < 1.29 is 18.7 Å². The summed E-state index contributed by atoms with van der Waals surface area (Å²) in [6.07, 6.45) is 20.4. The summed E-state index contributed by atoms with van der Waals surface area (Å²) >= 11 is 0. The molecule has 0 N–H and O–H groups in total. The summed E-state index contributed by atoms with van der Waals surface area (Å²) in [4.78, 5) is 25.3. The van der Waals surface area contributed by atoms with Crippen LogP contribution in [-0.4, -0.2) is 18.7 Å². The second-order valence-electron chi connectivity index (χ2n) is 17.3. The van der Waals surface area contributed by atoms with Crippen LogP contribution in [-0.2, 0) is 22.4 Å². The molecule has 5 heteroatoms. The van der Waals surface area contributed by atoms with E-state index in [-0.39, 0.29) is 29.7 Å². The van der Waals surface area contributed by atoms with Crippen LogP contribution in [0.2, 0.25) is 0 Å². The third kappa shape index (κ3) is 6.34. The molecule has 6 unspecified atom stereocenters. The van der Waals surface area contributed by atoms with Gasteiger partial charge in [-0.1, -0.05) is 65.5 Å². The SMILES string of the molecule is CC(C)CCCC(C)C1CCC2C3CC=C4CC(OC(=O)COc5ccc6c7c(c(=O)oc6c5)CCC7)CC[C@]4(C)C3CC[C@]2(C)C1. The number of carbonyl (C=O) groups is 1. The van der Waals surface area contributed by atoms with Crippen molar-refractivity contribution in [3.8, 4) is 5.75 Å². The molecule has 0 amide bonds. The Kier molecular flexibility index (Phi) is 9.15. The van der Waals surface area contributed by atoms with Crippen LogP contribution in [0.25, 0.3) is 11.0 Å². The predicted molar refractivity (Wildman–Crippen MR) is 188 cm³/mol. The van der Waals surface area contributed by atoms with Gasteiger partial charge in [-0.05, 0) is 135 Å². The first-order valence-corrected chi connectivity index (χ1v) is 19.1. The maximum atomic E-state index is 12.9. The molecule has 5 aliphatic rings. The van der Waals surface area contributed by atoms with E-state index in [9.17, 15) is 9.59 Å². The summed E-state index contributed by atoms with van der Waals surface area (Å²) in [5, 5.41) is 0.970. The first-order valence-electron chi connectivity index (χ1n) is 19.1. The van der Waals surface area contributed by atoms with Gasteiger partial charge in [-0.3, -0.25) is 0 Å². The van der Waals surface area contributed by atoms with Gasteiger partial charge >= 0.3 is 11.6 Å². The lowest BCUT2D eigenvalue weighted by Crippen LogP contribution is -2.52. The van der Waals surface area contributed by atoms with Gasteiger partial charge in [0.05, 0.1) is 0 Å². The maximum Gasteiger partial charge on any atom is 0.344 e. The quantitative estimate of drug-likeness (QED) is 0.155. The number of hydrogen-bond acceptors (Lipinski definition) is 5. The van der Waals surface area contributed by atoms with Crippen molar-refractivity contribution in [3.05, 3.63) is 51.4 Å². The van der Waals surface area contributed by atoms with Crippen LogP contribution < -0.4 is 10.4 Å². The first kappa shape index (κ1) is 33.0. The fraction of sp³-hybridized carbons (Fsp3) is 0.714. The van der Waals surface area contributed by atoms with E-state index in [2.05, 4.69) is 40.7 Å². The van der Waals surface area contributed by atoms with E-state index >= 15 is 0 Å². The van der Waals surface area contributed by atoms with E-state index < -0.39 is 0 Å². The zero-order valence-electron chi connectivity index (χ0n) is 29.7. The summed E-state index contributed by atoms with van der Waals surface area (Å²) < 4.78 is 17.4. The Morgan fingerprint density at radius 2 is 1.83 bits per heavy atom. The summed E-state index contributed by atoms with van der Waals surface area (Å²) in [7, 11) is 0. The van der Waals surface area contributed by atoms with Gasteiger partial charge in [0.25, 0.3) is 0 Å². The minimum Gasteiger partial charge on any atom is -0.482 e. The van der Waals surface area contributed by atoms with Gasteiger partial charge in [-0.25, -0.2) is 9.59 Å². The Balaban J connectivity index is 0.940. The molecule has 3 saturated carbocycles. The van der Waals surface area contributed by atoms with Crippen molar-refractivity contribution in [2.24, 2.45) is 46.3 Å². The van der Waals surface area contributed by atoms with Crippen LogP contribution in [0.15, 0.2) is 39.1 Å². The molecule has 0 bridgehead atoms. The first-order chi connectivity index (χ1) is 22.5. The minimum absolute atomic E-state index is 0.0827. The van der Waals surface area contributed by atoms with E-state index in [1.807, 2.05) is 12.1 Å². The number of ether oxygens (including phenoxy) is 2. The largest absolute Gasteiger partial charge is 0.482 e. The highest BCUT2D eigenvalue weighted by Crippen LogP contribution is 2.65. The van der Waals surface area contributed by atoms with Crippen LogP contribution in [0.5, 0.6) is 5.75 Å². The zero-order chi connectivity index (χ0) is 32.9. The third-order valence-corrected chi connectivity index (χ3v) is 14.0. The molecular formula is C42H58O5. The normalized spacial score (nSPS) is 33.7. The molecule has 0 radical (unpaired) electrons. The summed E-state index contributed by atoms with van der Waals surface area (Å²) in [5.74, 6) is 5.20. The van der Waals surface area contributed by atoms with Gasteiger partial charge < -0.3 is 13.9 Å². The number of rotatable bonds is 9. The number of fused-ring (bicyclic) bond motifs is 8. The second kappa shape index (κ2) is 13.0. The Morgan fingerprint density at radius 1 is 1.00 bits per heavy atom. The van der Waals surface area contributed by atoms with Crippen LogP contribution in [0.3, 0.4) is 0 Å². The van der Waals surface area contributed by atoms with Gasteiger partial charge in [-0.15, -0.1) is 0 Å². The van der Waals surface area contributed by atoms with E-state index in [1.165, 1.54) is 63.4 Å². The molecule has 0 spiro atoms. The Hall–Kier alpha value is -2.56. The lowest BCUT2D eigenvalue weighted by Gasteiger charge is -2.61. The Labute approximate surface area is 282 Å². The van der Waals surface area contributed by atoms with Gasteiger partial charge in [0, 0.05) is 23.4 Å². The summed E-state index contributed by atoms with van der Waals surface area (Å²) in [6.45, 7) is 12.3. The molecule has 1 heterocycles. The summed E-state index contributed by atoms with van der Waals surface area (Å²) in [6, 6.07) is 5.54. The fourth-order valence-electron chi connectivity index (χ4n) is 11.3. The van der Waals surface area contributed by atoms with Crippen LogP contribution in [0, 0.1) is 46.3 Å². The van der Waals surface area contributed by atoms with E-state index in [0.717, 1.165) is 90.5 Å². The molecular weight excluding hydrogens is 584 g/mol. The van der Waals surface area contributed by atoms with Gasteiger partial charge in [0.15, 0.2) is 6.61 Å². The summed E-state index contributed by atoms with van der Waals surface area (Å²) in [5.41, 5.74) is 4.46. The molecule has 1 aromatic heterocycles. The fourth-order valence-corrected chi connectivity index (χ4v) is 11.3. The Bertz CT molecular complexity index is 1570. The standard InChI is InChI=1S/C42H58O5/c1-26(2)8-6-9-27(3)28-12-17-36-35-15-13-29-22-31(18-21-42(29,5)37(35)19-20-41(36,4)24-28)46-39(43)25-45-30-14-16-33-32-10-7-11-34(32)40(44)47-38(33)23-30/h13-14,16,23,26-28,31,35-37H,6-12,15,17-22,24-25H2,1-5H3/t27?,28?,31?,35?,36?,37?,41-,42+/m1/s1. The highest BCUT2D eigenvalue weighted by atomic mass is 16.6. The minimum atomic E-state index is -0.327. The lowest BCUT2D eigenvalue weighted by atomic mass is 9.44. The number of aryl methyl sites for hydroxylation is 1. The molecule has 5 nitrogen and oxygen atoms in total. The predicted octanol–water partition coefficient (Wildman–Crippen LogP) is 10.0. The van der Waals surface area contributed by atoms with Gasteiger partial charge in [-0.2, -0.15) is 0 Å². The van der Waals surface area contributed by atoms with Crippen molar-refractivity contribution >= 4 is 16.9 Å². The average molecular weight is 643 g/mol. The number of benzene rings is 1. The smallest absolute Gasteiger partial charge is 0.344 e. The third-order valence-electron chi connectivity index (χ3n) is 14.0. The van der Waals surface area contributed by atoms with Crippen molar-refractivity contribution in [3.63, 3.8) is 0 Å². The topological polar surface area (TPSA) is 65.7 Å². The van der Waals surface area contributed by atoms with E-state index in [1.54, 1.807) is 6.07 Å². The number of allylic oxidation sites excluding steroid dienone is 1. The van der Waals surface area contributed by atoms with Gasteiger partial charge in [0.1, 0.15) is 17.4 Å². The molecule has 256 valence electrons. The zero-order valence-corrected chi connectivity index (χ0v) is 29.7. The van der Waals surface area contributed by atoms with Gasteiger partial charge in [0.2, 0.25) is 0 Å². The molecule has 7 rings (SSSR count). The Morgan fingerprint density at radius 3 is 2.66 bits per heavy atom. The molecule has 47 heavy (non-hydrogen) atoms. The monoisotopic (exact) mass is 642 g/mol. The highest BCUT2D eigenvalue weighted by molar-refractivity contribution is 5.83. The second-order valence-corrected chi connectivity index (χ2v) is 17.3. The van der Waals surface area contributed by atoms with Crippen molar-refractivity contribution in [1.29, 1.82) is 0 Å². The average Bonchev–Trinajstić information content (AvgIpc) is 3.54. The van der Waals surface area contributed by atoms with Crippen molar-refractivity contribution in [2.45, 2.75) is 137 Å². The molecule has 3 fully saturated rings. The molecule has 1 aromatic carbocycles. The highest BCUT2D eigenvalue weighted by Gasteiger charge is 2.56. The maximum absolute atomic E-state index is 12.9. The van der Waals surface area contributed by atoms with Crippen LogP contribution >= 0.6 is 0 Å². The van der Waals surface area contributed by atoms with Crippen LogP contribution in [0.4, 0.5) is 0 Å². The molecule has 0 saturated heterocycles. The number of hydrogen-bond donors (Lipinski definition) is 0. The molecule has 0 aliphatic heterocycles. The molecule has 2 aromatic rings. The molecule has 5 aliphatic carbocycles. The number of carbonyl (C=O) groups excluding carboxylic acids is 1. The lowest BCUT2D eigenvalue weighted by molar-refractivity contribution is -0.154. The van der Waals surface area contributed by atoms with E-state index in [0.29, 0.717) is 16.7 Å². The van der Waals surface area contributed by atoms with E-state index in [4.69, 9.17) is 13.9 Å². The van der Waals surface area contributed by atoms with Crippen LogP contribution in [0.1, 0.15) is 129 Å². The van der Waals surface area contributed by atoms with Crippen molar-refractivity contribution in [2.75, 3.05) is 6.61 Å².